The number of rotatable bonds is 4. The number of benzene rings is 1. The van der Waals surface area contributed by atoms with Gasteiger partial charge in [-0.1, -0.05) is 29.5 Å². The van der Waals surface area contributed by atoms with Crippen molar-refractivity contribution in [1.29, 1.82) is 0 Å². The standard InChI is InChI=1S/C21H17FN2O3S2/c1-3-27-20(26)17-12(2)23-21-24(18(17)15-8-5-9-28-15)19(25)16(29-21)11-13-6-4-7-14(22)10-13/h4-11,18H,3H2,1-2H3/b16-11-. The highest BCUT2D eigenvalue weighted by molar-refractivity contribution is 7.10. The first-order valence-corrected chi connectivity index (χ1v) is 10.7. The van der Waals surface area contributed by atoms with E-state index in [-0.39, 0.29) is 18.0 Å². The summed E-state index contributed by atoms with van der Waals surface area (Å²) in [4.78, 5) is 31.8. The SMILES string of the molecule is CCOC(=O)C1=C(C)N=c2s/c(=C\c3cccc(F)c3)c(=O)n2C1c1cccs1. The first kappa shape index (κ1) is 19.5. The molecule has 0 amide bonds. The van der Waals surface area contributed by atoms with Crippen LogP contribution in [0.5, 0.6) is 0 Å². The monoisotopic (exact) mass is 428 g/mol. The molecule has 1 aliphatic heterocycles. The number of nitrogens with zero attached hydrogens (tertiary/aromatic N) is 2. The maximum Gasteiger partial charge on any atom is 0.338 e. The molecule has 4 rings (SSSR count). The summed E-state index contributed by atoms with van der Waals surface area (Å²) in [6.45, 7) is 3.72. The highest BCUT2D eigenvalue weighted by Crippen LogP contribution is 2.33. The number of esters is 1. The van der Waals surface area contributed by atoms with Crippen molar-refractivity contribution in [2.45, 2.75) is 19.9 Å². The van der Waals surface area contributed by atoms with Gasteiger partial charge in [-0.25, -0.2) is 14.2 Å². The Balaban J connectivity index is 1.94. The van der Waals surface area contributed by atoms with Crippen molar-refractivity contribution in [1.82, 2.24) is 4.57 Å². The number of hydrogen-bond donors (Lipinski definition) is 0. The van der Waals surface area contributed by atoms with Gasteiger partial charge >= 0.3 is 5.97 Å². The van der Waals surface area contributed by atoms with Crippen LogP contribution in [-0.2, 0) is 9.53 Å². The topological polar surface area (TPSA) is 60.7 Å². The van der Waals surface area contributed by atoms with Crippen molar-refractivity contribution in [3.8, 4) is 0 Å². The molecule has 0 radical (unpaired) electrons. The molecule has 8 heteroatoms. The maximum absolute atomic E-state index is 13.5. The third kappa shape index (κ3) is 3.61. The molecule has 1 unspecified atom stereocenters. The van der Waals surface area contributed by atoms with Gasteiger partial charge in [-0.3, -0.25) is 9.36 Å². The fourth-order valence-electron chi connectivity index (χ4n) is 3.26. The van der Waals surface area contributed by atoms with Gasteiger partial charge in [0.1, 0.15) is 11.9 Å². The Labute approximate surface area is 173 Å². The number of carbonyl (C=O) groups excluding carboxylic acids is 1. The Morgan fingerprint density at radius 3 is 2.86 bits per heavy atom. The first-order valence-electron chi connectivity index (χ1n) is 8.98. The Kier molecular flexibility index (Phi) is 5.29. The van der Waals surface area contributed by atoms with Crippen LogP contribution in [0.15, 0.2) is 62.8 Å². The normalized spacial score (nSPS) is 16.5. The largest absolute Gasteiger partial charge is 0.463 e. The van der Waals surface area contributed by atoms with E-state index in [1.165, 1.54) is 39.4 Å². The lowest BCUT2D eigenvalue weighted by Crippen LogP contribution is -2.39. The molecule has 0 fully saturated rings. The van der Waals surface area contributed by atoms with E-state index < -0.39 is 12.0 Å². The summed E-state index contributed by atoms with van der Waals surface area (Å²) in [7, 11) is 0. The van der Waals surface area contributed by atoms with Gasteiger partial charge in [0.25, 0.3) is 5.56 Å². The Hall–Kier alpha value is -2.84. The van der Waals surface area contributed by atoms with Gasteiger partial charge in [-0.2, -0.15) is 0 Å². The van der Waals surface area contributed by atoms with Crippen LogP contribution in [0.2, 0.25) is 0 Å². The molecule has 1 atom stereocenters. The Morgan fingerprint density at radius 1 is 1.34 bits per heavy atom. The third-order valence-corrected chi connectivity index (χ3v) is 6.38. The molecule has 3 aromatic rings. The minimum atomic E-state index is -0.597. The van der Waals surface area contributed by atoms with Gasteiger partial charge in [0, 0.05) is 4.88 Å². The summed E-state index contributed by atoms with van der Waals surface area (Å²) in [6, 6.07) is 9.20. The minimum absolute atomic E-state index is 0.233. The lowest BCUT2D eigenvalue weighted by Gasteiger charge is -2.23. The molecular formula is C21H17FN2O3S2. The van der Waals surface area contributed by atoms with E-state index in [9.17, 15) is 14.0 Å². The number of carbonyl (C=O) groups is 1. The molecule has 0 N–H and O–H groups in total. The van der Waals surface area contributed by atoms with Crippen molar-refractivity contribution >= 4 is 34.7 Å². The van der Waals surface area contributed by atoms with E-state index in [1.807, 2.05) is 17.5 Å². The van der Waals surface area contributed by atoms with Crippen molar-refractivity contribution in [2.24, 2.45) is 4.99 Å². The second kappa shape index (κ2) is 7.88. The molecule has 2 aromatic heterocycles. The van der Waals surface area contributed by atoms with Crippen LogP contribution in [0.1, 0.15) is 30.3 Å². The molecule has 1 aromatic carbocycles. The summed E-state index contributed by atoms with van der Waals surface area (Å²) >= 11 is 2.68. The third-order valence-electron chi connectivity index (χ3n) is 4.48. The van der Waals surface area contributed by atoms with E-state index in [4.69, 9.17) is 4.74 Å². The highest BCUT2D eigenvalue weighted by Gasteiger charge is 2.33. The van der Waals surface area contributed by atoms with Crippen LogP contribution in [0.4, 0.5) is 4.39 Å². The zero-order chi connectivity index (χ0) is 20.5. The van der Waals surface area contributed by atoms with Gasteiger partial charge in [0.2, 0.25) is 0 Å². The molecule has 1 aliphatic rings. The molecule has 0 bridgehead atoms. The van der Waals surface area contributed by atoms with E-state index >= 15 is 0 Å². The van der Waals surface area contributed by atoms with E-state index in [2.05, 4.69) is 4.99 Å². The second-order valence-corrected chi connectivity index (χ2v) is 8.36. The van der Waals surface area contributed by atoms with Crippen LogP contribution >= 0.6 is 22.7 Å². The van der Waals surface area contributed by atoms with E-state index in [0.717, 1.165) is 4.88 Å². The average molecular weight is 429 g/mol. The van der Waals surface area contributed by atoms with Crippen LogP contribution < -0.4 is 14.9 Å². The summed E-state index contributed by atoms with van der Waals surface area (Å²) in [6.07, 6.45) is 1.64. The predicted octanol–water partition coefficient (Wildman–Crippen LogP) is 3.00. The average Bonchev–Trinajstić information content (AvgIpc) is 3.30. The summed E-state index contributed by atoms with van der Waals surface area (Å²) in [5.74, 6) is -0.852. The van der Waals surface area contributed by atoms with Crippen molar-refractivity contribution in [3.63, 3.8) is 0 Å². The molecule has 3 heterocycles. The second-order valence-electron chi connectivity index (χ2n) is 6.37. The van der Waals surface area contributed by atoms with Crippen LogP contribution in [0, 0.1) is 5.82 Å². The van der Waals surface area contributed by atoms with Gasteiger partial charge in [-0.15, -0.1) is 11.3 Å². The van der Waals surface area contributed by atoms with Crippen molar-refractivity contribution in [3.05, 3.63) is 89.0 Å². The summed E-state index contributed by atoms with van der Waals surface area (Å²) in [5, 5.41) is 1.90. The van der Waals surface area contributed by atoms with Crippen molar-refractivity contribution in [2.75, 3.05) is 6.61 Å². The Morgan fingerprint density at radius 2 is 2.17 bits per heavy atom. The Bertz CT molecular complexity index is 1290. The molecule has 0 saturated heterocycles. The predicted molar refractivity (Wildman–Crippen MR) is 111 cm³/mol. The zero-order valence-electron chi connectivity index (χ0n) is 15.7. The molecule has 0 aliphatic carbocycles. The number of aromatic nitrogens is 1. The fourth-order valence-corrected chi connectivity index (χ4v) is 5.13. The summed E-state index contributed by atoms with van der Waals surface area (Å²) < 4.78 is 20.7. The van der Waals surface area contributed by atoms with Crippen molar-refractivity contribution < 1.29 is 13.9 Å². The van der Waals surface area contributed by atoms with Gasteiger partial charge < -0.3 is 4.74 Å². The quantitative estimate of drug-likeness (QED) is 0.601. The number of thiophene rings is 1. The number of thiazole rings is 1. The number of fused-ring (bicyclic) bond motifs is 1. The molecule has 0 saturated carbocycles. The van der Waals surface area contributed by atoms with Gasteiger partial charge in [0.05, 0.1) is 22.4 Å². The highest BCUT2D eigenvalue weighted by atomic mass is 32.1. The number of ether oxygens (including phenoxy) is 1. The smallest absolute Gasteiger partial charge is 0.338 e. The fraction of sp³-hybridized carbons (Fsp3) is 0.190. The van der Waals surface area contributed by atoms with Crippen LogP contribution in [0.3, 0.4) is 0 Å². The molecule has 5 nitrogen and oxygen atoms in total. The lowest BCUT2D eigenvalue weighted by atomic mass is 10.0. The van der Waals surface area contributed by atoms with Gasteiger partial charge in [0.15, 0.2) is 4.80 Å². The number of hydrogen-bond acceptors (Lipinski definition) is 6. The molecular weight excluding hydrogens is 411 g/mol. The number of halogens is 1. The molecule has 0 spiro atoms. The lowest BCUT2D eigenvalue weighted by molar-refractivity contribution is -0.139. The van der Waals surface area contributed by atoms with Crippen LogP contribution in [0.25, 0.3) is 6.08 Å². The van der Waals surface area contributed by atoms with Gasteiger partial charge in [-0.05, 0) is 49.1 Å². The van der Waals surface area contributed by atoms with E-state index in [0.29, 0.717) is 26.2 Å². The van der Waals surface area contributed by atoms with Crippen LogP contribution in [-0.4, -0.2) is 17.1 Å². The number of allylic oxidation sites excluding steroid dienone is 1. The van der Waals surface area contributed by atoms with E-state index in [1.54, 1.807) is 32.1 Å². The maximum atomic E-state index is 13.5. The first-order chi connectivity index (χ1) is 14.0. The zero-order valence-corrected chi connectivity index (χ0v) is 17.3. The minimum Gasteiger partial charge on any atom is -0.463 e. The summed E-state index contributed by atoms with van der Waals surface area (Å²) in [5.41, 5.74) is 1.20. The molecule has 29 heavy (non-hydrogen) atoms. The molecule has 148 valence electrons.